The summed E-state index contributed by atoms with van der Waals surface area (Å²) in [5.74, 6) is 2.13. The van der Waals surface area contributed by atoms with Crippen LogP contribution in [0.15, 0.2) is 53.4 Å². The fraction of sp³-hybridized carbons (Fsp3) is 0.346. The number of hydrogen-bond acceptors (Lipinski definition) is 7. The first kappa shape index (κ1) is 27.0. The number of nitrogens with one attached hydrogen (secondary N) is 3. The number of anilines is 3. The standard InChI is InChI=1S/C26H31ClN6O3S/c1-32(2)12-17-36-21-10-8-20(9-11-21)29-26(34)28-19-6-4-18(5-7-19)24-30-23(27)22(37-3)25(31-24)33-13-15-35-16-14-33/h4-11H,12-17H2,1-3H3,(H2,28,29,34)/p+1. The Balaban J connectivity index is 1.38. The SMILES string of the molecule is CSc1c(Cl)nc(-c2ccc(NC(=O)Nc3ccc(OCC[NH+](C)C)cc3)cc2)nc1N1CCOCC1. The summed E-state index contributed by atoms with van der Waals surface area (Å²) in [6.07, 6.45) is 1.97. The Labute approximate surface area is 226 Å². The van der Waals surface area contributed by atoms with Crippen molar-refractivity contribution in [3.63, 3.8) is 0 Å². The maximum absolute atomic E-state index is 12.5. The van der Waals surface area contributed by atoms with Gasteiger partial charge in [0.1, 0.15) is 29.9 Å². The van der Waals surface area contributed by atoms with Crippen molar-refractivity contribution >= 4 is 46.6 Å². The first-order chi connectivity index (χ1) is 17.9. The topological polar surface area (TPSA) is 93.0 Å². The summed E-state index contributed by atoms with van der Waals surface area (Å²) in [7, 11) is 4.16. The van der Waals surface area contributed by atoms with Crippen LogP contribution in [0.4, 0.5) is 22.0 Å². The van der Waals surface area contributed by atoms with Crippen LogP contribution in [0.3, 0.4) is 0 Å². The van der Waals surface area contributed by atoms with E-state index in [1.807, 2.05) is 54.8 Å². The van der Waals surface area contributed by atoms with E-state index in [0.717, 1.165) is 41.7 Å². The van der Waals surface area contributed by atoms with Crippen LogP contribution in [0.5, 0.6) is 5.75 Å². The predicted molar refractivity (Wildman–Crippen MR) is 150 cm³/mol. The normalized spacial score (nSPS) is 13.5. The molecule has 2 heterocycles. The van der Waals surface area contributed by atoms with Gasteiger partial charge in [-0.1, -0.05) is 11.6 Å². The van der Waals surface area contributed by atoms with Gasteiger partial charge < -0.3 is 29.9 Å². The number of ether oxygens (including phenoxy) is 2. The first-order valence-electron chi connectivity index (χ1n) is 12.1. The lowest BCUT2D eigenvalue weighted by Crippen LogP contribution is -3.06. The molecule has 0 atom stereocenters. The van der Waals surface area contributed by atoms with Gasteiger partial charge in [-0.3, -0.25) is 0 Å². The highest BCUT2D eigenvalue weighted by Crippen LogP contribution is 2.35. The van der Waals surface area contributed by atoms with Gasteiger partial charge in [0.25, 0.3) is 0 Å². The van der Waals surface area contributed by atoms with E-state index in [1.165, 1.54) is 16.7 Å². The van der Waals surface area contributed by atoms with Crippen LogP contribution in [0.25, 0.3) is 11.4 Å². The molecule has 2 aromatic carbocycles. The molecule has 3 N–H and O–H groups in total. The maximum Gasteiger partial charge on any atom is 0.323 e. The highest BCUT2D eigenvalue weighted by atomic mass is 35.5. The predicted octanol–water partition coefficient (Wildman–Crippen LogP) is 3.52. The Morgan fingerprint density at radius 2 is 1.68 bits per heavy atom. The number of carbonyl (C=O) groups is 1. The second-order valence-corrected chi connectivity index (χ2v) is 9.96. The van der Waals surface area contributed by atoms with E-state index in [2.05, 4.69) is 34.6 Å². The van der Waals surface area contributed by atoms with Gasteiger partial charge in [-0.05, 0) is 54.8 Å². The highest BCUT2D eigenvalue weighted by molar-refractivity contribution is 7.98. The van der Waals surface area contributed by atoms with Crippen LogP contribution >= 0.6 is 23.4 Å². The molecule has 0 spiro atoms. The van der Waals surface area contributed by atoms with Gasteiger partial charge in [0.2, 0.25) is 0 Å². The van der Waals surface area contributed by atoms with Gasteiger partial charge in [0.05, 0.1) is 32.2 Å². The zero-order valence-electron chi connectivity index (χ0n) is 21.2. The second kappa shape index (κ2) is 13.0. The number of urea groups is 1. The smallest absolute Gasteiger partial charge is 0.323 e. The summed E-state index contributed by atoms with van der Waals surface area (Å²) < 4.78 is 11.2. The lowest BCUT2D eigenvalue weighted by atomic mass is 10.2. The molecule has 0 radical (unpaired) electrons. The summed E-state index contributed by atoms with van der Waals surface area (Å²) >= 11 is 8.06. The molecule has 1 aliphatic rings. The molecular weight excluding hydrogens is 512 g/mol. The van der Waals surface area contributed by atoms with Crippen molar-refractivity contribution in [1.82, 2.24) is 9.97 Å². The third kappa shape index (κ3) is 7.48. The van der Waals surface area contributed by atoms with Crippen LogP contribution in [-0.2, 0) is 4.74 Å². The van der Waals surface area contributed by atoms with E-state index < -0.39 is 0 Å². The molecule has 3 aromatic rings. The van der Waals surface area contributed by atoms with Gasteiger partial charge >= 0.3 is 6.03 Å². The largest absolute Gasteiger partial charge is 0.488 e. The number of nitrogens with zero attached hydrogens (tertiary/aromatic N) is 3. The van der Waals surface area contributed by atoms with Crippen LogP contribution < -0.4 is 25.2 Å². The highest BCUT2D eigenvalue weighted by Gasteiger charge is 2.21. The van der Waals surface area contributed by atoms with E-state index >= 15 is 0 Å². The molecule has 9 nitrogen and oxygen atoms in total. The molecule has 4 rings (SSSR count). The minimum Gasteiger partial charge on any atom is -0.488 e. The zero-order valence-corrected chi connectivity index (χ0v) is 22.8. The summed E-state index contributed by atoms with van der Waals surface area (Å²) in [4.78, 5) is 26.2. The van der Waals surface area contributed by atoms with E-state index in [9.17, 15) is 4.79 Å². The number of aromatic nitrogens is 2. The van der Waals surface area contributed by atoms with Crippen molar-refractivity contribution in [2.45, 2.75) is 4.90 Å². The summed E-state index contributed by atoms with van der Waals surface area (Å²) in [5.41, 5.74) is 2.13. The van der Waals surface area contributed by atoms with Crippen molar-refractivity contribution < 1.29 is 19.2 Å². The van der Waals surface area contributed by atoms with Crippen LogP contribution in [0.2, 0.25) is 5.15 Å². The molecule has 2 amide bonds. The molecule has 196 valence electrons. The first-order valence-corrected chi connectivity index (χ1v) is 13.7. The molecule has 11 heteroatoms. The molecule has 1 saturated heterocycles. The Morgan fingerprint density at radius 3 is 2.27 bits per heavy atom. The van der Waals surface area contributed by atoms with E-state index in [4.69, 9.17) is 26.1 Å². The van der Waals surface area contributed by atoms with Crippen molar-refractivity contribution in [2.75, 3.05) is 75.3 Å². The van der Waals surface area contributed by atoms with Gasteiger partial charge in [0.15, 0.2) is 5.82 Å². The Kier molecular flexibility index (Phi) is 9.45. The Hall–Kier alpha value is -3.05. The number of likely N-dealkylation sites (N-methyl/N-ethyl adjacent to an activating group) is 1. The number of carbonyl (C=O) groups excluding carboxylic acids is 1. The summed E-state index contributed by atoms with van der Waals surface area (Å²) in [5, 5.41) is 6.11. The fourth-order valence-corrected chi connectivity index (χ4v) is 4.68. The Morgan fingerprint density at radius 1 is 1.05 bits per heavy atom. The Bertz CT molecular complexity index is 1190. The molecular formula is C26H32ClN6O3S+. The molecule has 0 saturated carbocycles. The average molecular weight is 544 g/mol. The van der Waals surface area contributed by atoms with Crippen molar-refractivity contribution in [3.05, 3.63) is 53.7 Å². The molecule has 1 aromatic heterocycles. The van der Waals surface area contributed by atoms with Gasteiger partial charge in [-0.25, -0.2) is 14.8 Å². The molecule has 0 bridgehead atoms. The third-order valence-electron chi connectivity index (χ3n) is 5.71. The lowest BCUT2D eigenvalue weighted by molar-refractivity contribution is -0.858. The average Bonchev–Trinajstić information content (AvgIpc) is 2.90. The van der Waals surface area contributed by atoms with Crippen molar-refractivity contribution in [1.29, 1.82) is 0 Å². The van der Waals surface area contributed by atoms with E-state index in [0.29, 0.717) is 42.2 Å². The lowest BCUT2D eigenvalue weighted by Gasteiger charge is -2.29. The zero-order chi connectivity index (χ0) is 26.2. The van der Waals surface area contributed by atoms with Gasteiger partial charge in [-0.15, -0.1) is 11.8 Å². The monoisotopic (exact) mass is 543 g/mol. The number of halogens is 1. The number of benzene rings is 2. The number of rotatable bonds is 9. The molecule has 37 heavy (non-hydrogen) atoms. The van der Waals surface area contributed by atoms with E-state index in [1.54, 1.807) is 0 Å². The van der Waals surface area contributed by atoms with Crippen molar-refractivity contribution in [2.24, 2.45) is 0 Å². The molecule has 0 unspecified atom stereocenters. The fourth-order valence-electron chi connectivity index (χ4n) is 3.71. The number of thioether (sulfide) groups is 1. The van der Waals surface area contributed by atoms with Gasteiger partial charge in [0, 0.05) is 30.0 Å². The maximum atomic E-state index is 12.5. The van der Waals surface area contributed by atoms with Crippen molar-refractivity contribution in [3.8, 4) is 17.1 Å². The minimum absolute atomic E-state index is 0.337. The minimum atomic E-state index is -0.337. The van der Waals surface area contributed by atoms with E-state index in [-0.39, 0.29) is 6.03 Å². The van der Waals surface area contributed by atoms with Gasteiger partial charge in [-0.2, -0.15) is 0 Å². The van der Waals surface area contributed by atoms with Crippen LogP contribution in [0.1, 0.15) is 0 Å². The number of amides is 2. The van der Waals surface area contributed by atoms with Crippen LogP contribution in [0, 0.1) is 0 Å². The number of morpholine rings is 1. The molecule has 1 aliphatic heterocycles. The molecule has 1 fully saturated rings. The molecule has 0 aliphatic carbocycles. The second-order valence-electron chi connectivity index (χ2n) is 8.78. The van der Waals surface area contributed by atoms with Crippen LogP contribution in [-0.4, -0.2) is 75.8 Å². The third-order valence-corrected chi connectivity index (χ3v) is 6.87. The summed E-state index contributed by atoms with van der Waals surface area (Å²) in [6, 6.07) is 14.3. The number of hydrogen-bond donors (Lipinski definition) is 3. The summed E-state index contributed by atoms with van der Waals surface area (Å²) in [6.45, 7) is 4.37. The number of quaternary nitrogens is 1. The quantitative estimate of drug-likeness (QED) is 0.281.